The third-order valence-electron chi connectivity index (χ3n) is 5.55. The Bertz CT molecular complexity index is 873. The molecule has 0 bridgehead atoms. The SMILES string of the molecule is CN=C(NCc1ccc(C#N)cc1F)NC1CCN(C(C)c2ccccc2)CC1.I. The standard InChI is InChI=1S/C23H28FN5.HI/c1-17(19-6-4-3-5-7-19)29-12-10-21(11-13-29)28-23(26-2)27-16-20-9-8-18(15-25)14-22(20)24;/h3-9,14,17,21H,10-13,16H2,1-2H3,(H2,26,27,28);1H. The molecule has 0 aromatic heterocycles. The number of nitrogens with one attached hydrogen (secondary N) is 2. The van der Waals surface area contributed by atoms with Crippen molar-refractivity contribution < 1.29 is 4.39 Å². The molecule has 1 unspecified atom stereocenters. The highest BCUT2D eigenvalue weighted by Crippen LogP contribution is 2.24. The fourth-order valence-electron chi connectivity index (χ4n) is 3.70. The van der Waals surface area contributed by atoms with E-state index in [0.29, 0.717) is 35.7 Å². The number of aliphatic imine (C=N–C) groups is 1. The Labute approximate surface area is 195 Å². The summed E-state index contributed by atoms with van der Waals surface area (Å²) in [5.41, 5.74) is 2.18. The molecule has 160 valence electrons. The second-order valence-electron chi connectivity index (χ2n) is 7.38. The molecule has 1 fully saturated rings. The molecule has 0 amide bonds. The van der Waals surface area contributed by atoms with Crippen LogP contribution in [0.5, 0.6) is 0 Å². The molecule has 0 radical (unpaired) electrons. The minimum Gasteiger partial charge on any atom is -0.354 e. The van der Waals surface area contributed by atoms with E-state index in [1.54, 1.807) is 19.2 Å². The van der Waals surface area contributed by atoms with Gasteiger partial charge in [0.25, 0.3) is 0 Å². The molecule has 30 heavy (non-hydrogen) atoms. The molecule has 3 rings (SSSR count). The monoisotopic (exact) mass is 521 g/mol. The van der Waals surface area contributed by atoms with E-state index in [-0.39, 0.29) is 29.8 Å². The highest BCUT2D eigenvalue weighted by Gasteiger charge is 2.24. The van der Waals surface area contributed by atoms with Crippen LogP contribution < -0.4 is 10.6 Å². The first-order valence-corrected chi connectivity index (χ1v) is 10.1. The van der Waals surface area contributed by atoms with Crippen LogP contribution in [0, 0.1) is 17.1 Å². The van der Waals surface area contributed by atoms with Gasteiger partial charge in [0.1, 0.15) is 5.82 Å². The third kappa shape index (κ3) is 6.41. The van der Waals surface area contributed by atoms with Crippen molar-refractivity contribution in [3.8, 4) is 6.07 Å². The molecule has 1 heterocycles. The third-order valence-corrected chi connectivity index (χ3v) is 5.55. The Morgan fingerprint density at radius 3 is 2.53 bits per heavy atom. The van der Waals surface area contributed by atoms with Gasteiger partial charge in [-0.05, 0) is 37.5 Å². The molecule has 2 aromatic carbocycles. The first-order chi connectivity index (χ1) is 14.1. The van der Waals surface area contributed by atoms with Crippen molar-refractivity contribution in [3.05, 3.63) is 71.0 Å². The quantitative estimate of drug-likeness (QED) is 0.352. The summed E-state index contributed by atoms with van der Waals surface area (Å²) in [5, 5.41) is 15.5. The maximum atomic E-state index is 14.1. The van der Waals surface area contributed by atoms with E-state index in [1.807, 2.05) is 6.07 Å². The molecule has 1 aliphatic rings. The fraction of sp³-hybridized carbons (Fsp3) is 0.391. The number of nitriles is 1. The summed E-state index contributed by atoms with van der Waals surface area (Å²) < 4.78 is 14.1. The maximum absolute atomic E-state index is 14.1. The zero-order chi connectivity index (χ0) is 20.6. The van der Waals surface area contributed by atoms with Gasteiger partial charge in [-0.15, -0.1) is 24.0 Å². The average Bonchev–Trinajstić information content (AvgIpc) is 2.77. The number of benzene rings is 2. The minimum absolute atomic E-state index is 0. The molecule has 1 aliphatic heterocycles. The highest BCUT2D eigenvalue weighted by molar-refractivity contribution is 14.0. The molecule has 0 saturated carbocycles. The Kier molecular flexibility index (Phi) is 9.53. The summed E-state index contributed by atoms with van der Waals surface area (Å²) in [7, 11) is 1.72. The van der Waals surface area contributed by atoms with Crippen LogP contribution >= 0.6 is 24.0 Å². The Morgan fingerprint density at radius 2 is 1.93 bits per heavy atom. The number of likely N-dealkylation sites (tertiary alicyclic amines) is 1. The lowest BCUT2D eigenvalue weighted by Gasteiger charge is -2.37. The second-order valence-corrected chi connectivity index (χ2v) is 7.38. The largest absolute Gasteiger partial charge is 0.354 e. The van der Waals surface area contributed by atoms with Gasteiger partial charge >= 0.3 is 0 Å². The molecule has 0 spiro atoms. The number of rotatable bonds is 5. The number of guanidine groups is 1. The number of nitrogens with zero attached hydrogens (tertiary/aromatic N) is 3. The predicted molar refractivity (Wildman–Crippen MR) is 129 cm³/mol. The molecule has 1 atom stereocenters. The lowest BCUT2D eigenvalue weighted by Crippen LogP contribution is -2.48. The van der Waals surface area contributed by atoms with Crippen LogP contribution in [-0.2, 0) is 6.54 Å². The summed E-state index contributed by atoms with van der Waals surface area (Å²) in [6, 6.07) is 17.8. The van der Waals surface area contributed by atoms with E-state index < -0.39 is 0 Å². The molecule has 5 nitrogen and oxygen atoms in total. The zero-order valence-corrected chi connectivity index (χ0v) is 19.8. The molecular formula is C23H29FIN5. The number of piperidine rings is 1. The van der Waals surface area contributed by atoms with Gasteiger partial charge in [0.15, 0.2) is 5.96 Å². The van der Waals surface area contributed by atoms with Crippen molar-refractivity contribution in [3.63, 3.8) is 0 Å². The van der Waals surface area contributed by atoms with Gasteiger partial charge in [-0.2, -0.15) is 5.26 Å². The minimum atomic E-state index is -0.379. The predicted octanol–water partition coefficient (Wildman–Crippen LogP) is 4.21. The highest BCUT2D eigenvalue weighted by atomic mass is 127. The maximum Gasteiger partial charge on any atom is 0.191 e. The van der Waals surface area contributed by atoms with Gasteiger partial charge in [0, 0.05) is 44.3 Å². The van der Waals surface area contributed by atoms with E-state index >= 15 is 0 Å². The topological polar surface area (TPSA) is 63.5 Å². The van der Waals surface area contributed by atoms with Crippen molar-refractivity contribution in [2.24, 2.45) is 4.99 Å². The van der Waals surface area contributed by atoms with Crippen molar-refractivity contribution in [1.82, 2.24) is 15.5 Å². The van der Waals surface area contributed by atoms with Crippen LogP contribution in [0.15, 0.2) is 53.5 Å². The lowest BCUT2D eigenvalue weighted by atomic mass is 10.0. The number of hydrogen-bond donors (Lipinski definition) is 2. The van der Waals surface area contributed by atoms with Crippen LogP contribution in [0.1, 0.15) is 42.5 Å². The summed E-state index contributed by atoms with van der Waals surface area (Å²) in [6.07, 6.45) is 2.06. The van der Waals surface area contributed by atoms with Gasteiger partial charge in [-0.1, -0.05) is 36.4 Å². The zero-order valence-electron chi connectivity index (χ0n) is 17.4. The Morgan fingerprint density at radius 1 is 1.23 bits per heavy atom. The van der Waals surface area contributed by atoms with Gasteiger partial charge in [0.05, 0.1) is 11.6 Å². The first-order valence-electron chi connectivity index (χ1n) is 10.1. The first kappa shape index (κ1) is 24.1. The van der Waals surface area contributed by atoms with Crippen LogP contribution in [0.2, 0.25) is 0 Å². The lowest BCUT2D eigenvalue weighted by molar-refractivity contribution is 0.158. The van der Waals surface area contributed by atoms with Crippen molar-refractivity contribution >= 4 is 29.9 Å². The van der Waals surface area contributed by atoms with E-state index in [4.69, 9.17) is 5.26 Å². The van der Waals surface area contributed by atoms with Crippen molar-refractivity contribution in [2.75, 3.05) is 20.1 Å². The normalized spacial score (nSPS) is 16.3. The number of halogens is 2. The summed E-state index contributed by atoms with van der Waals surface area (Å²) >= 11 is 0. The smallest absolute Gasteiger partial charge is 0.191 e. The number of hydrogen-bond acceptors (Lipinski definition) is 3. The molecule has 1 saturated heterocycles. The van der Waals surface area contributed by atoms with Gasteiger partial charge in [-0.3, -0.25) is 9.89 Å². The Balaban J connectivity index is 0.00000320. The summed E-state index contributed by atoms with van der Waals surface area (Å²) in [5.74, 6) is 0.290. The van der Waals surface area contributed by atoms with Crippen LogP contribution in [-0.4, -0.2) is 37.0 Å². The average molecular weight is 521 g/mol. The molecule has 2 N–H and O–H groups in total. The van der Waals surface area contributed by atoms with Gasteiger partial charge < -0.3 is 10.6 Å². The van der Waals surface area contributed by atoms with Gasteiger partial charge in [0.2, 0.25) is 0 Å². The van der Waals surface area contributed by atoms with E-state index in [1.165, 1.54) is 11.6 Å². The summed E-state index contributed by atoms with van der Waals surface area (Å²) in [6.45, 7) is 4.63. The van der Waals surface area contributed by atoms with Crippen LogP contribution in [0.3, 0.4) is 0 Å². The van der Waals surface area contributed by atoms with Crippen molar-refractivity contribution in [1.29, 1.82) is 5.26 Å². The van der Waals surface area contributed by atoms with E-state index in [2.05, 4.69) is 57.8 Å². The molecular weight excluding hydrogens is 492 g/mol. The van der Waals surface area contributed by atoms with Crippen LogP contribution in [0.4, 0.5) is 4.39 Å². The second kappa shape index (κ2) is 11.9. The fourth-order valence-corrected chi connectivity index (χ4v) is 3.70. The van der Waals surface area contributed by atoms with E-state index in [0.717, 1.165) is 25.9 Å². The Hall–Kier alpha value is -2.18. The van der Waals surface area contributed by atoms with Crippen molar-refractivity contribution in [2.45, 2.75) is 38.4 Å². The van der Waals surface area contributed by atoms with E-state index in [9.17, 15) is 4.39 Å². The molecule has 2 aromatic rings. The summed E-state index contributed by atoms with van der Waals surface area (Å²) in [4.78, 5) is 6.78. The van der Waals surface area contributed by atoms with Crippen LogP contribution in [0.25, 0.3) is 0 Å². The van der Waals surface area contributed by atoms with Gasteiger partial charge in [-0.25, -0.2) is 4.39 Å². The molecule has 0 aliphatic carbocycles. The molecule has 7 heteroatoms.